The van der Waals surface area contributed by atoms with Crippen molar-refractivity contribution in [3.63, 3.8) is 0 Å². The highest BCUT2D eigenvalue weighted by molar-refractivity contribution is 6.18. The maximum atomic E-state index is 12.1. The van der Waals surface area contributed by atoms with Crippen molar-refractivity contribution >= 4 is 17.5 Å². The summed E-state index contributed by atoms with van der Waals surface area (Å²) in [6, 6.07) is 11.6. The van der Waals surface area contributed by atoms with Crippen LogP contribution < -0.4 is 5.32 Å². The summed E-state index contributed by atoms with van der Waals surface area (Å²) in [7, 11) is 1.74. The predicted molar refractivity (Wildman–Crippen MR) is 75.3 cm³/mol. The number of carbonyl (C=O) groups is 1. The zero-order chi connectivity index (χ0) is 13.7. The Bertz CT molecular complexity index is 539. The van der Waals surface area contributed by atoms with Gasteiger partial charge in [0.1, 0.15) is 5.69 Å². The molecular formula is C14H16ClN3O. The third-order valence-corrected chi connectivity index (χ3v) is 3.27. The molecule has 0 saturated carbocycles. The van der Waals surface area contributed by atoms with Gasteiger partial charge in [-0.3, -0.25) is 9.48 Å². The third-order valence-electron chi connectivity index (χ3n) is 2.90. The minimum absolute atomic E-state index is 0.0912. The Morgan fingerprint density at radius 1 is 1.37 bits per heavy atom. The van der Waals surface area contributed by atoms with Crippen LogP contribution in [-0.4, -0.2) is 27.6 Å². The molecule has 19 heavy (non-hydrogen) atoms. The average molecular weight is 278 g/mol. The van der Waals surface area contributed by atoms with Crippen LogP contribution >= 0.6 is 11.6 Å². The molecule has 0 bridgehead atoms. The van der Waals surface area contributed by atoms with Crippen molar-refractivity contribution in [3.05, 3.63) is 53.9 Å². The summed E-state index contributed by atoms with van der Waals surface area (Å²) in [4.78, 5) is 12.1. The standard InChI is InChI=1S/C14H16ClN3O/c1-18-13(7-8-16-18)14(19)17-12(10-15)9-11-5-3-2-4-6-11/h2-8,12H,9-10H2,1H3,(H,17,19). The summed E-state index contributed by atoms with van der Waals surface area (Å²) >= 11 is 5.93. The first kappa shape index (κ1) is 13.6. The molecule has 0 spiro atoms. The second-order valence-electron chi connectivity index (χ2n) is 4.35. The van der Waals surface area contributed by atoms with Crippen LogP contribution in [0.25, 0.3) is 0 Å². The Balaban J connectivity index is 2.00. The Morgan fingerprint density at radius 2 is 2.11 bits per heavy atom. The molecule has 1 N–H and O–H groups in total. The Hall–Kier alpha value is -1.81. The number of alkyl halides is 1. The van der Waals surface area contributed by atoms with E-state index in [0.717, 1.165) is 5.56 Å². The summed E-state index contributed by atoms with van der Waals surface area (Å²) in [6.45, 7) is 0. The van der Waals surface area contributed by atoms with Gasteiger partial charge in [-0.25, -0.2) is 0 Å². The highest BCUT2D eigenvalue weighted by Gasteiger charge is 2.15. The number of nitrogens with zero attached hydrogens (tertiary/aromatic N) is 2. The SMILES string of the molecule is Cn1nccc1C(=O)NC(CCl)Cc1ccccc1. The number of amides is 1. The first-order valence-corrected chi connectivity index (χ1v) is 6.63. The molecule has 0 aliphatic carbocycles. The lowest BCUT2D eigenvalue weighted by atomic mass is 10.1. The molecular weight excluding hydrogens is 262 g/mol. The maximum absolute atomic E-state index is 12.1. The third kappa shape index (κ3) is 3.58. The van der Waals surface area contributed by atoms with Crippen LogP contribution in [0, 0.1) is 0 Å². The molecule has 0 fully saturated rings. The van der Waals surface area contributed by atoms with E-state index in [1.807, 2.05) is 30.3 Å². The normalized spacial score (nSPS) is 12.1. The molecule has 0 aliphatic heterocycles. The summed E-state index contributed by atoms with van der Waals surface area (Å²) in [5.74, 6) is 0.222. The van der Waals surface area contributed by atoms with Gasteiger partial charge in [0.05, 0.1) is 0 Å². The molecule has 1 unspecified atom stereocenters. The highest BCUT2D eigenvalue weighted by atomic mass is 35.5. The number of carbonyl (C=O) groups excluding carboxylic acids is 1. The lowest BCUT2D eigenvalue weighted by Crippen LogP contribution is -2.38. The largest absolute Gasteiger partial charge is 0.346 e. The number of aryl methyl sites for hydroxylation is 1. The Morgan fingerprint density at radius 3 is 2.68 bits per heavy atom. The molecule has 2 rings (SSSR count). The van der Waals surface area contributed by atoms with Crippen molar-refractivity contribution in [3.8, 4) is 0 Å². The van der Waals surface area contributed by atoms with Gasteiger partial charge in [0, 0.05) is 25.2 Å². The predicted octanol–water partition coefficient (Wildman–Crippen LogP) is 2.00. The van der Waals surface area contributed by atoms with Crippen LogP contribution in [0.5, 0.6) is 0 Å². The number of hydrogen-bond donors (Lipinski definition) is 1. The van der Waals surface area contributed by atoms with Gasteiger partial charge in [-0.1, -0.05) is 30.3 Å². The Labute approximate surface area is 117 Å². The van der Waals surface area contributed by atoms with Gasteiger partial charge in [0.15, 0.2) is 0 Å². The quantitative estimate of drug-likeness (QED) is 0.850. The number of nitrogens with one attached hydrogen (secondary N) is 1. The van der Waals surface area contributed by atoms with E-state index in [4.69, 9.17) is 11.6 Å². The maximum Gasteiger partial charge on any atom is 0.269 e. The van der Waals surface area contributed by atoms with Crippen LogP contribution in [0.1, 0.15) is 16.1 Å². The molecule has 0 radical (unpaired) electrons. The smallest absolute Gasteiger partial charge is 0.269 e. The van der Waals surface area contributed by atoms with Gasteiger partial charge in [0.2, 0.25) is 0 Å². The minimum Gasteiger partial charge on any atom is -0.346 e. The van der Waals surface area contributed by atoms with E-state index in [9.17, 15) is 4.79 Å². The minimum atomic E-state index is -0.151. The number of hydrogen-bond acceptors (Lipinski definition) is 2. The van der Waals surface area contributed by atoms with Crippen molar-refractivity contribution in [2.75, 3.05) is 5.88 Å². The zero-order valence-electron chi connectivity index (χ0n) is 10.7. The molecule has 1 amide bonds. The van der Waals surface area contributed by atoms with E-state index in [0.29, 0.717) is 18.0 Å². The summed E-state index contributed by atoms with van der Waals surface area (Å²) < 4.78 is 1.54. The first-order chi connectivity index (χ1) is 9.20. The molecule has 1 atom stereocenters. The lowest BCUT2D eigenvalue weighted by molar-refractivity contribution is 0.0931. The fourth-order valence-electron chi connectivity index (χ4n) is 1.90. The topological polar surface area (TPSA) is 46.9 Å². The van der Waals surface area contributed by atoms with E-state index in [1.54, 1.807) is 24.0 Å². The van der Waals surface area contributed by atoms with Gasteiger partial charge in [-0.15, -0.1) is 11.6 Å². The summed E-state index contributed by atoms with van der Waals surface area (Å²) in [5, 5.41) is 6.90. The van der Waals surface area contributed by atoms with Crippen LogP contribution in [0.3, 0.4) is 0 Å². The molecule has 2 aromatic rings. The van der Waals surface area contributed by atoms with Crippen molar-refractivity contribution < 1.29 is 4.79 Å². The van der Waals surface area contributed by atoms with Crippen LogP contribution in [-0.2, 0) is 13.5 Å². The van der Waals surface area contributed by atoms with E-state index in [2.05, 4.69) is 10.4 Å². The zero-order valence-corrected chi connectivity index (χ0v) is 11.5. The fourth-order valence-corrected chi connectivity index (χ4v) is 2.09. The van der Waals surface area contributed by atoms with E-state index >= 15 is 0 Å². The van der Waals surface area contributed by atoms with E-state index in [1.165, 1.54) is 0 Å². The monoisotopic (exact) mass is 277 g/mol. The van der Waals surface area contributed by atoms with Crippen molar-refractivity contribution in [1.29, 1.82) is 0 Å². The molecule has 1 aromatic heterocycles. The van der Waals surface area contributed by atoms with Crippen molar-refractivity contribution in [2.45, 2.75) is 12.5 Å². The second kappa shape index (κ2) is 6.38. The fraction of sp³-hybridized carbons (Fsp3) is 0.286. The van der Waals surface area contributed by atoms with Crippen molar-refractivity contribution in [2.24, 2.45) is 7.05 Å². The van der Waals surface area contributed by atoms with Crippen molar-refractivity contribution in [1.82, 2.24) is 15.1 Å². The van der Waals surface area contributed by atoms with Gasteiger partial charge < -0.3 is 5.32 Å². The van der Waals surface area contributed by atoms with Crippen LogP contribution in [0.2, 0.25) is 0 Å². The lowest BCUT2D eigenvalue weighted by Gasteiger charge is -2.16. The first-order valence-electron chi connectivity index (χ1n) is 6.09. The van der Waals surface area contributed by atoms with Gasteiger partial charge >= 0.3 is 0 Å². The Kier molecular flexibility index (Phi) is 4.58. The van der Waals surface area contributed by atoms with E-state index in [-0.39, 0.29) is 11.9 Å². The number of halogens is 1. The molecule has 0 saturated heterocycles. The van der Waals surface area contributed by atoms with Crippen LogP contribution in [0.4, 0.5) is 0 Å². The summed E-state index contributed by atoms with van der Waals surface area (Å²) in [5.41, 5.74) is 1.68. The van der Waals surface area contributed by atoms with Gasteiger partial charge in [0.25, 0.3) is 5.91 Å². The van der Waals surface area contributed by atoms with Crippen LogP contribution in [0.15, 0.2) is 42.6 Å². The van der Waals surface area contributed by atoms with E-state index < -0.39 is 0 Å². The number of benzene rings is 1. The molecule has 5 heteroatoms. The van der Waals surface area contributed by atoms with Gasteiger partial charge in [-0.05, 0) is 18.1 Å². The summed E-state index contributed by atoms with van der Waals surface area (Å²) in [6.07, 6.45) is 2.32. The molecule has 4 nitrogen and oxygen atoms in total. The number of rotatable bonds is 5. The second-order valence-corrected chi connectivity index (χ2v) is 4.66. The molecule has 1 heterocycles. The number of aromatic nitrogens is 2. The van der Waals surface area contributed by atoms with Gasteiger partial charge in [-0.2, -0.15) is 5.10 Å². The molecule has 1 aromatic carbocycles. The highest BCUT2D eigenvalue weighted by Crippen LogP contribution is 2.06. The molecule has 0 aliphatic rings. The molecule has 100 valence electrons. The average Bonchev–Trinajstić information content (AvgIpc) is 2.85.